The van der Waals surface area contributed by atoms with Crippen LogP contribution in [-0.2, 0) is 20.6 Å². The SMILES string of the molecule is COc1ccc(C[C@H]2NC[C@H](OC(=O)OC(C)(C)C)[C@H]2OC(=O)NCCN2CCC3(CC(O)C3)C2)cc1. The third-order valence-corrected chi connectivity index (χ3v) is 7.39. The first-order valence-corrected chi connectivity index (χ1v) is 13.1. The number of aliphatic hydroxyl groups excluding tert-OH is 1. The zero-order chi connectivity index (χ0) is 26.6. The van der Waals surface area contributed by atoms with Crippen LogP contribution in [0.4, 0.5) is 9.59 Å². The van der Waals surface area contributed by atoms with Crippen LogP contribution in [0, 0.1) is 5.41 Å². The molecule has 2 aliphatic heterocycles. The number of hydrogen-bond acceptors (Lipinski definition) is 9. The maximum absolute atomic E-state index is 12.8. The molecule has 1 amide bonds. The van der Waals surface area contributed by atoms with Crippen LogP contribution in [0.3, 0.4) is 0 Å². The van der Waals surface area contributed by atoms with Crippen LogP contribution in [0.5, 0.6) is 5.75 Å². The highest BCUT2D eigenvalue weighted by atomic mass is 16.7. The van der Waals surface area contributed by atoms with Crippen molar-refractivity contribution in [1.82, 2.24) is 15.5 Å². The molecule has 0 radical (unpaired) electrons. The minimum absolute atomic E-state index is 0.158. The number of alkyl carbamates (subject to hydrolysis) is 1. The third-order valence-electron chi connectivity index (χ3n) is 7.39. The first-order valence-electron chi connectivity index (χ1n) is 13.1. The summed E-state index contributed by atoms with van der Waals surface area (Å²) in [6, 6.07) is 7.45. The van der Waals surface area contributed by atoms with E-state index < -0.39 is 30.1 Å². The van der Waals surface area contributed by atoms with Gasteiger partial charge in [0, 0.05) is 26.2 Å². The molecular weight excluding hydrogens is 478 g/mol. The Kier molecular flexibility index (Phi) is 8.50. The van der Waals surface area contributed by atoms with Crippen LogP contribution in [0.1, 0.15) is 45.6 Å². The Morgan fingerprint density at radius 1 is 1.19 bits per heavy atom. The standard InChI is InChI=1S/C27H41N3O7/c1-26(2,3)37-25(33)35-22-16-29-21(13-18-5-7-20(34-4)8-6-18)23(22)36-24(32)28-10-12-30-11-9-27(17-30)14-19(31)15-27/h5-8,19,21-23,29,31H,9-17H2,1-4H3,(H,28,32)/t19?,21-,22+,23+,27?/m1/s1. The molecule has 0 bridgehead atoms. The number of ether oxygens (including phenoxy) is 4. The molecule has 37 heavy (non-hydrogen) atoms. The number of carbonyl (C=O) groups excluding carboxylic acids is 2. The second kappa shape index (κ2) is 11.4. The van der Waals surface area contributed by atoms with E-state index in [2.05, 4.69) is 15.5 Å². The van der Waals surface area contributed by atoms with E-state index >= 15 is 0 Å². The smallest absolute Gasteiger partial charge is 0.497 e. The van der Waals surface area contributed by atoms with Gasteiger partial charge in [0.2, 0.25) is 0 Å². The molecule has 3 N–H and O–H groups in total. The Morgan fingerprint density at radius 3 is 2.57 bits per heavy atom. The number of benzene rings is 1. The third kappa shape index (κ3) is 7.49. The Bertz CT molecular complexity index is 927. The molecule has 1 spiro atoms. The van der Waals surface area contributed by atoms with Crippen LogP contribution in [0.15, 0.2) is 24.3 Å². The summed E-state index contributed by atoms with van der Waals surface area (Å²) in [6.07, 6.45) is 0.589. The van der Waals surface area contributed by atoms with E-state index in [-0.39, 0.29) is 17.6 Å². The number of nitrogens with one attached hydrogen (secondary N) is 2. The van der Waals surface area contributed by atoms with Gasteiger partial charge in [-0.1, -0.05) is 12.1 Å². The van der Waals surface area contributed by atoms with Gasteiger partial charge in [0.15, 0.2) is 12.2 Å². The maximum atomic E-state index is 12.8. The Balaban J connectivity index is 1.31. The van der Waals surface area contributed by atoms with Gasteiger partial charge >= 0.3 is 12.2 Å². The zero-order valence-electron chi connectivity index (χ0n) is 22.3. The quantitative estimate of drug-likeness (QED) is 0.445. The second-order valence-electron chi connectivity index (χ2n) is 11.6. The molecule has 0 aromatic heterocycles. The highest BCUT2D eigenvalue weighted by Gasteiger charge is 2.47. The van der Waals surface area contributed by atoms with Crippen molar-refractivity contribution in [2.75, 3.05) is 39.8 Å². The Hall–Kier alpha value is -2.56. The fourth-order valence-corrected chi connectivity index (χ4v) is 5.60. The fraction of sp³-hybridized carbons (Fsp3) is 0.704. The van der Waals surface area contributed by atoms with Crippen molar-refractivity contribution in [2.45, 2.75) is 76.4 Å². The topological polar surface area (TPSA) is 119 Å². The van der Waals surface area contributed by atoms with E-state index in [1.54, 1.807) is 27.9 Å². The summed E-state index contributed by atoms with van der Waals surface area (Å²) in [5.74, 6) is 0.763. The van der Waals surface area contributed by atoms with Gasteiger partial charge in [0.1, 0.15) is 11.4 Å². The number of amides is 1. The lowest BCUT2D eigenvalue weighted by Crippen LogP contribution is -2.45. The fourth-order valence-electron chi connectivity index (χ4n) is 5.60. The van der Waals surface area contributed by atoms with Gasteiger partial charge in [-0.25, -0.2) is 9.59 Å². The number of hydrogen-bond donors (Lipinski definition) is 3. The molecule has 3 atom stereocenters. The summed E-state index contributed by atoms with van der Waals surface area (Å²) in [5, 5.41) is 15.9. The van der Waals surface area contributed by atoms with E-state index in [0.29, 0.717) is 19.5 Å². The molecule has 1 aromatic rings. The minimum atomic E-state index is -0.789. The molecule has 1 aliphatic carbocycles. The van der Waals surface area contributed by atoms with Crippen LogP contribution in [0.2, 0.25) is 0 Å². The number of rotatable bonds is 8. The molecule has 0 unspecified atom stereocenters. The van der Waals surface area contributed by atoms with E-state index in [0.717, 1.165) is 50.2 Å². The van der Waals surface area contributed by atoms with E-state index in [1.807, 2.05) is 24.3 Å². The first kappa shape index (κ1) is 27.5. The average molecular weight is 520 g/mol. The molecule has 2 saturated heterocycles. The lowest BCUT2D eigenvalue weighted by atomic mass is 9.66. The molecule has 206 valence electrons. The van der Waals surface area contributed by atoms with Crippen LogP contribution >= 0.6 is 0 Å². The highest BCUT2D eigenvalue weighted by Crippen LogP contribution is 2.47. The van der Waals surface area contributed by atoms with Crippen molar-refractivity contribution in [2.24, 2.45) is 5.41 Å². The minimum Gasteiger partial charge on any atom is -0.497 e. The summed E-state index contributed by atoms with van der Waals surface area (Å²) in [5.41, 5.74) is 0.607. The van der Waals surface area contributed by atoms with Crippen molar-refractivity contribution in [1.29, 1.82) is 0 Å². The van der Waals surface area contributed by atoms with Crippen molar-refractivity contribution in [3.8, 4) is 5.75 Å². The molecule has 1 aromatic carbocycles. The van der Waals surface area contributed by atoms with Crippen molar-refractivity contribution < 1.29 is 33.6 Å². The lowest BCUT2D eigenvalue weighted by Gasteiger charge is -2.42. The number of aliphatic hydroxyl groups is 1. The van der Waals surface area contributed by atoms with E-state index in [9.17, 15) is 14.7 Å². The summed E-state index contributed by atoms with van der Waals surface area (Å²) in [4.78, 5) is 27.4. The average Bonchev–Trinajstić information content (AvgIpc) is 3.38. The van der Waals surface area contributed by atoms with Crippen LogP contribution in [0.25, 0.3) is 0 Å². The van der Waals surface area contributed by atoms with Crippen molar-refractivity contribution in [3.05, 3.63) is 29.8 Å². The molecule has 2 heterocycles. The molecule has 10 heteroatoms. The number of nitrogens with zero attached hydrogens (tertiary/aromatic N) is 1. The largest absolute Gasteiger partial charge is 0.509 e. The van der Waals surface area contributed by atoms with E-state index in [1.165, 1.54) is 0 Å². The summed E-state index contributed by atoms with van der Waals surface area (Å²) in [7, 11) is 1.62. The van der Waals surface area contributed by atoms with Crippen LogP contribution < -0.4 is 15.4 Å². The summed E-state index contributed by atoms with van der Waals surface area (Å²) >= 11 is 0. The predicted molar refractivity (Wildman–Crippen MR) is 137 cm³/mol. The number of likely N-dealkylation sites (tertiary alicyclic amines) is 1. The van der Waals surface area contributed by atoms with Crippen LogP contribution in [-0.4, -0.2) is 92.0 Å². The van der Waals surface area contributed by atoms with Gasteiger partial charge in [-0.3, -0.25) is 0 Å². The van der Waals surface area contributed by atoms with Gasteiger partial charge < -0.3 is 39.6 Å². The predicted octanol–water partition coefficient (Wildman–Crippen LogP) is 2.47. The van der Waals surface area contributed by atoms with Crippen molar-refractivity contribution in [3.63, 3.8) is 0 Å². The monoisotopic (exact) mass is 519 g/mol. The van der Waals surface area contributed by atoms with Gasteiger partial charge in [-0.15, -0.1) is 0 Å². The Morgan fingerprint density at radius 2 is 1.92 bits per heavy atom. The zero-order valence-corrected chi connectivity index (χ0v) is 22.3. The second-order valence-corrected chi connectivity index (χ2v) is 11.6. The first-order chi connectivity index (χ1) is 17.5. The summed E-state index contributed by atoms with van der Waals surface area (Å²) in [6.45, 7) is 8.77. The Labute approximate surface area is 219 Å². The lowest BCUT2D eigenvalue weighted by molar-refractivity contribution is -0.0518. The molecular formula is C27H41N3O7. The van der Waals surface area contributed by atoms with Gasteiger partial charge in [-0.2, -0.15) is 0 Å². The number of methoxy groups -OCH3 is 1. The summed E-state index contributed by atoms with van der Waals surface area (Å²) < 4.78 is 21.9. The highest BCUT2D eigenvalue weighted by molar-refractivity contribution is 5.67. The number of carbonyl (C=O) groups is 2. The van der Waals surface area contributed by atoms with Gasteiger partial charge in [0.25, 0.3) is 0 Å². The van der Waals surface area contributed by atoms with Gasteiger partial charge in [-0.05, 0) is 76.1 Å². The normalized spacial score (nSPS) is 29.5. The molecule has 3 fully saturated rings. The van der Waals surface area contributed by atoms with Crippen molar-refractivity contribution >= 4 is 12.2 Å². The van der Waals surface area contributed by atoms with E-state index in [4.69, 9.17) is 18.9 Å². The molecule has 3 aliphatic rings. The molecule has 4 rings (SSSR count). The maximum Gasteiger partial charge on any atom is 0.509 e. The molecule has 10 nitrogen and oxygen atoms in total. The van der Waals surface area contributed by atoms with Gasteiger partial charge in [0.05, 0.1) is 19.3 Å². The molecule has 1 saturated carbocycles.